The highest BCUT2D eigenvalue weighted by Gasteiger charge is 2.22. The molecule has 4 amide bonds. The van der Waals surface area contributed by atoms with Crippen LogP contribution in [0.2, 0.25) is 0 Å². The van der Waals surface area contributed by atoms with Gasteiger partial charge in [0.05, 0.1) is 0 Å². The first kappa shape index (κ1) is 80.8. The first-order chi connectivity index (χ1) is 52.2. The van der Waals surface area contributed by atoms with Crippen molar-refractivity contribution < 1.29 is 38.1 Å². The third-order valence-corrected chi connectivity index (χ3v) is 19.7. The largest absolute Gasteiger partial charge is 0.445 e. The molecule has 1 aliphatic heterocycles. The van der Waals surface area contributed by atoms with Crippen LogP contribution in [0.3, 0.4) is 0 Å². The molecule has 564 valence electrons. The molecular formula is C90H116N8O8. The Bertz CT molecular complexity index is 3150. The van der Waals surface area contributed by atoms with Crippen LogP contribution in [0.4, 0.5) is 19.2 Å². The summed E-state index contributed by atoms with van der Waals surface area (Å²) in [5.41, 5.74) is 8.20. The SMILES string of the molecule is O=C(OCc1ccccc1)N(CCCCCN1CCCN(CCCCCN(Cc2ccccc2)C(=O)OCc2ccccc2)CCN(CCCCCN(Cc2ccccc2)C(=O)OCc2ccccc2)CCCN(CCCCCN(Cc2ccccc2)C(=O)OCc2ccccc2)CC1)Cc1ccccc1. The smallest absolute Gasteiger partial charge is 0.410 e. The van der Waals surface area contributed by atoms with Crippen LogP contribution in [0.1, 0.15) is 134 Å². The van der Waals surface area contributed by atoms with Crippen molar-refractivity contribution >= 4 is 24.4 Å². The lowest BCUT2D eigenvalue weighted by Gasteiger charge is -2.32. The van der Waals surface area contributed by atoms with Gasteiger partial charge in [0.2, 0.25) is 0 Å². The monoisotopic (exact) mass is 1440 g/mol. The molecule has 106 heavy (non-hydrogen) atoms. The quantitative estimate of drug-likeness (QED) is 0.0268. The summed E-state index contributed by atoms with van der Waals surface area (Å²) in [6, 6.07) is 80.4. The highest BCUT2D eigenvalue weighted by molar-refractivity contribution is 5.69. The molecule has 1 heterocycles. The standard InChI is InChI=1S/C90H116N8O8/c99-87(103-75-83-47-21-5-22-48-83)95(71-79-39-13-1-14-40-79)63-33-9-29-55-91-59-37-60-93(57-31-11-35-65-97(73-81-43-17-3-18-44-81)89(101)105-77-85-51-25-7-26-52-85)69-70-94(58-32-12-36-66-98(74-82-45-19-4-20-46-82)90(102)106-78-86-53-27-8-28-54-86)62-38-61-92(68-67-91)56-30-10-34-64-96(72-80-41-15-2-16-42-80)88(100)104-76-84-49-23-6-24-50-84/h1-8,13-28,39-54H,9-12,29-38,55-78H2. The Hall–Kier alpha value is -9.32. The number of carbonyl (C=O) groups is 4. The molecule has 0 bridgehead atoms. The average molecular weight is 1440 g/mol. The molecule has 0 unspecified atom stereocenters. The number of nitrogens with zero attached hydrogens (tertiary/aromatic N) is 8. The topological polar surface area (TPSA) is 131 Å². The van der Waals surface area contributed by atoms with E-state index in [1.807, 2.05) is 214 Å². The summed E-state index contributed by atoms with van der Waals surface area (Å²) in [6.45, 7) is 17.1. The Labute approximate surface area is 632 Å². The number of unbranched alkanes of at least 4 members (excludes halogenated alkanes) is 8. The Morgan fingerprint density at radius 1 is 0.226 bits per heavy atom. The van der Waals surface area contributed by atoms with Gasteiger partial charge in [-0.2, -0.15) is 0 Å². The van der Waals surface area contributed by atoms with E-state index in [0.29, 0.717) is 52.4 Å². The summed E-state index contributed by atoms with van der Waals surface area (Å²) in [7, 11) is 0. The lowest BCUT2D eigenvalue weighted by atomic mass is 10.1. The van der Waals surface area contributed by atoms with E-state index in [2.05, 4.69) is 68.1 Å². The lowest BCUT2D eigenvalue weighted by Crippen LogP contribution is -2.42. The van der Waals surface area contributed by atoms with Crippen molar-refractivity contribution in [2.45, 2.75) is 142 Å². The van der Waals surface area contributed by atoms with E-state index in [0.717, 1.165) is 213 Å². The summed E-state index contributed by atoms with van der Waals surface area (Å²) >= 11 is 0. The molecule has 0 N–H and O–H groups in total. The van der Waals surface area contributed by atoms with Crippen LogP contribution in [0.5, 0.6) is 0 Å². The lowest BCUT2D eigenvalue weighted by molar-refractivity contribution is 0.0919. The minimum absolute atomic E-state index is 0.238. The van der Waals surface area contributed by atoms with Crippen LogP contribution in [-0.4, -0.2) is 168 Å². The molecular weight excluding hydrogens is 1320 g/mol. The van der Waals surface area contributed by atoms with Gasteiger partial charge in [0.1, 0.15) is 26.4 Å². The highest BCUT2D eigenvalue weighted by Crippen LogP contribution is 2.19. The fourth-order valence-electron chi connectivity index (χ4n) is 13.6. The maximum atomic E-state index is 13.8. The molecule has 9 rings (SSSR count). The molecule has 16 nitrogen and oxygen atoms in total. The molecule has 0 atom stereocenters. The number of benzene rings is 8. The van der Waals surface area contributed by atoms with Crippen molar-refractivity contribution in [3.05, 3.63) is 287 Å². The molecule has 0 aliphatic carbocycles. The van der Waals surface area contributed by atoms with Crippen LogP contribution < -0.4 is 0 Å². The van der Waals surface area contributed by atoms with Gasteiger partial charge >= 0.3 is 24.4 Å². The van der Waals surface area contributed by atoms with Crippen molar-refractivity contribution in [3.63, 3.8) is 0 Å². The number of hydrogen-bond acceptors (Lipinski definition) is 12. The molecule has 16 heteroatoms. The first-order valence-corrected chi connectivity index (χ1v) is 39.1. The minimum atomic E-state index is -0.289. The Balaban J connectivity index is 0.856. The van der Waals surface area contributed by atoms with Gasteiger partial charge in [-0.15, -0.1) is 0 Å². The van der Waals surface area contributed by atoms with E-state index in [9.17, 15) is 19.2 Å². The van der Waals surface area contributed by atoms with Crippen molar-refractivity contribution in [1.82, 2.24) is 39.2 Å². The summed E-state index contributed by atoms with van der Waals surface area (Å²) in [4.78, 5) is 73.3. The minimum Gasteiger partial charge on any atom is -0.445 e. The maximum Gasteiger partial charge on any atom is 0.410 e. The van der Waals surface area contributed by atoms with E-state index in [4.69, 9.17) is 18.9 Å². The number of amides is 4. The molecule has 0 spiro atoms. The van der Waals surface area contributed by atoms with Crippen LogP contribution in [0, 0.1) is 0 Å². The van der Waals surface area contributed by atoms with Crippen LogP contribution >= 0.6 is 0 Å². The first-order valence-electron chi connectivity index (χ1n) is 39.1. The molecule has 1 fully saturated rings. The Morgan fingerprint density at radius 3 is 0.594 bits per heavy atom. The molecule has 1 aliphatic rings. The zero-order valence-electron chi connectivity index (χ0n) is 62.8. The van der Waals surface area contributed by atoms with Crippen molar-refractivity contribution in [2.75, 3.05) is 105 Å². The summed E-state index contributed by atoms with van der Waals surface area (Å²) in [6.07, 6.45) is 12.5. The van der Waals surface area contributed by atoms with E-state index in [1.165, 1.54) is 0 Å². The average Bonchev–Trinajstić information content (AvgIpc) is 1.08. The zero-order chi connectivity index (χ0) is 73.5. The van der Waals surface area contributed by atoms with Gasteiger partial charge < -0.3 is 58.1 Å². The van der Waals surface area contributed by atoms with Crippen molar-refractivity contribution in [3.8, 4) is 0 Å². The molecule has 1 saturated heterocycles. The summed E-state index contributed by atoms with van der Waals surface area (Å²) < 4.78 is 23.6. The van der Waals surface area contributed by atoms with E-state index in [-0.39, 0.29) is 50.8 Å². The second kappa shape index (κ2) is 48.7. The maximum absolute atomic E-state index is 13.8. The Kier molecular flexibility index (Phi) is 37.1. The molecule has 0 saturated carbocycles. The molecule has 0 aromatic heterocycles. The molecule has 8 aromatic carbocycles. The number of ether oxygens (including phenoxy) is 4. The predicted molar refractivity (Wildman–Crippen MR) is 424 cm³/mol. The summed E-state index contributed by atoms with van der Waals surface area (Å²) in [5.74, 6) is 0. The Morgan fingerprint density at radius 2 is 0.406 bits per heavy atom. The fourth-order valence-corrected chi connectivity index (χ4v) is 13.6. The second-order valence-corrected chi connectivity index (χ2v) is 28.1. The van der Waals surface area contributed by atoms with Crippen molar-refractivity contribution in [1.29, 1.82) is 0 Å². The van der Waals surface area contributed by atoms with Gasteiger partial charge in [-0.3, -0.25) is 0 Å². The normalized spacial score (nSPS) is 13.6. The second-order valence-electron chi connectivity index (χ2n) is 28.1. The highest BCUT2D eigenvalue weighted by atomic mass is 16.6. The van der Waals surface area contributed by atoms with Gasteiger partial charge in [0.15, 0.2) is 0 Å². The third-order valence-electron chi connectivity index (χ3n) is 19.7. The molecule has 0 radical (unpaired) electrons. The third kappa shape index (κ3) is 32.2. The van der Waals surface area contributed by atoms with Gasteiger partial charge in [-0.05, 0) is 161 Å². The number of hydrogen-bond donors (Lipinski definition) is 0. The zero-order valence-corrected chi connectivity index (χ0v) is 62.8. The fraction of sp³-hybridized carbons (Fsp3) is 0.422. The van der Waals surface area contributed by atoms with E-state index in [1.54, 1.807) is 0 Å². The summed E-state index contributed by atoms with van der Waals surface area (Å²) in [5, 5.41) is 0. The van der Waals surface area contributed by atoms with E-state index >= 15 is 0 Å². The van der Waals surface area contributed by atoms with Gasteiger partial charge in [0.25, 0.3) is 0 Å². The number of carbonyl (C=O) groups excluding carboxylic acids is 4. The van der Waals surface area contributed by atoms with Crippen LogP contribution in [-0.2, 0) is 71.6 Å². The van der Waals surface area contributed by atoms with Gasteiger partial charge in [-0.1, -0.05) is 268 Å². The van der Waals surface area contributed by atoms with Crippen molar-refractivity contribution in [2.24, 2.45) is 0 Å². The predicted octanol–water partition coefficient (Wildman–Crippen LogP) is 18.0. The number of rotatable bonds is 40. The van der Waals surface area contributed by atoms with Gasteiger partial charge in [0, 0.05) is 78.5 Å². The van der Waals surface area contributed by atoms with Crippen LogP contribution in [0.15, 0.2) is 243 Å². The van der Waals surface area contributed by atoms with Crippen LogP contribution in [0.25, 0.3) is 0 Å². The van der Waals surface area contributed by atoms with E-state index < -0.39 is 0 Å². The van der Waals surface area contributed by atoms with Gasteiger partial charge in [-0.25, -0.2) is 19.2 Å². The molecule has 8 aromatic rings.